The minimum absolute atomic E-state index is 0.00564. The first-order chi connectivity index (χ1) is 14.1. The molecule has 1 saturated heterocycles. The van der Waals surface area contributed by atoms with E-state index < -0.39 is 12.0 Å². The average Bonchev–Trinajstić information content (AvgIpc) is 2.98. The number of rotatable bonds is 6. The van der Waals surface area contributed by atoms with Gasteiger partial charge in [-0.05, 0) is 42.7 Å². The van der Waals surface area contributed by atoms with Crippen molar-refractivity contribution in [1.29, 1.82) is 0 Å². The van der Waals surface area contributed by atoms with Crippen molar-refractivity contribution in [3.05, 3.63) is 71.3 Å². The highest BCUT2D eigenvalue weighted by Gasteiger charge is 2.48. The third-order valence-corrected chi connectivity index (χ3v) is 5.46. The number of halogens is 3. The normalized spacial score (nSPS) is 19.2. The molecule has 2 aromatic rings. The van der Waals surface area contributed by atoms with Crippen molar-refractivity contribution in [2.75, 3.05) is 6.54 Å². The van der Waals surface area contributed by atoms with Crippen LogP contribution in [0.3, 0.4) is 0 Å². The van der Waals surface area contributed by atoms with E-state index in [2.05, 4.69) is 5.16 Å². The molecule has 0 spiro atoms. The number of aryl methyl sites for hydroxylation is 2. The third-order valence-electron chi connectivity index (χ3n) is 5.46. The standard InChI is InChI=1S/C24H29F3N2O/c1-18-9-11-19(12-10-18)13-14-21-15-23(2,3)17-29(21)22(24(25,26)27)28-30-16-20-7-5-4-6-8-20/h4-12,21H,13-17H2,1-3H3/b28-22+. The van der Waals surface area contributed by atoms with Crippen LogP contribution in [0, 0.1) is 12.3 Å². The van der Waals surface area contributed by atoms with Gasteiger partial charge in [0.15, 0.2) is 0 Å². The summed E-state index contributed by atoms with van der Waals surface area (Å²) in [4.78, 5) is 6.54. The predicted molar refractivity (Wildman–Crippen MR) is 113 cm³/mol. The highest BCUT2D eigenvalue weighted by molar-refractivity contribution is 5.87. The van der Waals surface area contributed by atoms with Gasteiger partial charge in [0.2, 0.25) is 5.84 Å². The molecule has 0 saturated carbocycles. The van der Waals surface area contributed by atoms with Gasteiger partial charge in [0.05, 0.1) is 0 Å². The number of likely N-dealkylation sites (tertiary alicyclic amines) is 1. The molecule has 1 unspecified atom stereocenters. The Labute approximate surface area is 176 Å². The van der Waals surface area contributed by atoms with Gasteiger partial charge in [0.1, 0.15) is 6.61 Å². The zero-order valence-corrected chi connectivity index (χ0v) is 17.7. The van der Waals surface area contributed by atoms with Crippen LogP contribution in [-0.4, -0.2) is 29.5 Å². The van der Waals surface area contributed by atoms with Gasteiger partial charge in [-0.15, -0.1) is 0 Å². The second-order valence-electron chi connectivity index (χ2n) is 8.85. The van der Waals surface area contributed by atoms with E-state index in [-0.39, 0.29) is 18.1 Å². The molecule has 2 aromatic carbocycles. The van der Waals surface area contributed by atoms with Crippen molar-refractivity contribution in [2.45, 2.75) is 58.9 Å². The lowest BCUT2D eigenvalue weighted by Crippen LogP contribution is -2.45. The highest BCUT2D eigenvalue weighted by Crippen LogP contribution is 2.38. The molecule has 0 radical (unpaired) electrons. The van der Waals surface area contributed by atoms with Gasteiger partial charge in [0.25, 0.3) is 0 Å². The number of hydrogen-bond acceptors (Lipinski definition) is 2. The summed E-state index contributed by atoms with van der Waals surface area (Å²) in [7, 11) is 0. The first-order valence-corrected chi connectivity index (χ1v) is 10.3. The summed E-state index contributed by atoms with van der Waals surface area (Å²) in [6, 6.07) is 17.0. The van der Waals surface area contributed by atoms with Gasteiger partial charge >= 0.3 is 6.18 Å². The maximum atomic E-state index is 13.9. The van der Waals surface area contributed by atoms with E-state index in [9.17, 15) is 13.2 Å². The Balaban J connectivity index is 1.75. The van der Waals surface area contributed by atoms with Crippen LogP contribution in [0.2, 0.25) is 0 Å². The molecule has 1 aliphatic rings. The quantitative estimate of drug-likeness (QED) is 0.321. The molecular formula is C24H29F3N2O. The molecule has 1 heterocycles. The molecule has 0 N–H and O–H groups in total. The smallest absolute Gasteiger partial charge is 0.389 e. The van der Waals surface area contributed by atoms with Gasteiger partial charge in [-0.3, -0.25) is 0 Å². The third kappa shape index (κ3) is 6.00. The van der Waals surface area contributed by atoms with E-state index in [4.69, 9.17) is 4.84 Å². The number of alkyl halides is 3. The molecule has 3 nitrogen and oxygen atoms in total. The summed E-state index contributed by atoms with van der Waals surface area (Å²) in [5, 5.41) is 3.57. The van der Waals surface area contributed by atoms with Gasteiger partial charge < -0.3 is 9.74 Å². The van der Waals surface area contributed by atoms with Crippen LogP contribution in [0.15, 0.2) is 59.8 Å². The predicted octanol–water partition coefficient (Wildman–Crippen LogP) is 6.12. The number of amidine groups is 1. The van der Waals surface area contributed by atoms with Crippen molar-refractivity contribution in [1.82, 2.24) is 4.90 Å². The SMILES string of the molecule is Cc1ccc(CCC2CC(C)(C)CN2/C(=N/OCc2ccccc2)C(F)(F)F)cc1. The van der Waals surface area contributed by atoms with Crippen LogP contribution in [0.4, 0.5) is 13.2 Å². The minimum Gasteiger partial charge on any atom is -0.389 e. The lowest BCUT2D eigenvalue weighted by atomic mass is 9.89. The first kappa shape index (κ1) is 22.2. The van der Waals surface area contributed by atoms with Gasteiger partial charge in [-0.1, -0.05) is 79.2 Å². The van der Waals surface area contributed by atoms with E-state index in [1.807, 2.05) is 63.2 Å². The van der Waals surface area contributed by atoms with Crippen LogP contribution in [0.5, 0.6) is 0 Å². The van der Waals surface area contributed by atoms with Crippen molar-refractivity contribution < 1.29 is 18.0 Å². The number of benzene rings is 2. The van der Waals surface area contributed by atoms with Gasteiger partial charge in [0, 0.05) is 12.6 Å². The lowest BCUT2D eigenvalue weighted by molar-refractivity contribution is -0.0745. The second kappa shape index (κ2) is 9.11. The molecule has 3 rings (SSSR count). The molecule has 0 bridgehead atoms. The lowest BCUT2D eigenvalue weighted by Gasteiger charge is -2.28. The Morgan fingerprint density at radius 2 is 1.73 bits per heavy atom. The number of oxime groups is 1. The maximum absolute atomic E-state index is 13.9. The van der Waals surface area contributed by atoms with E-state index >= 15 is 0 Å². The van der Waals surface area contributed by atoms with E-state index in [1.54, 1.807) is 12.1 Å². The van der Waals surface area contributed by atoms with Crippen molar-refractivity contribution >= 4 is 5.84 Å². The number of nitrogens with zero attached hydrogens (tertiary/aromatic N) is 2. The summed E-state index contributed by atoms with van der Waals surface area (Å²) in [5.74, 6) is -0.932. The van der Waals surface area contributed by atoms with Crippen molar-refractivity contribution in [2.24, 2.45) is 10.6 Å². The zero-order chi connectivity index (χ0) is 21.8. The molecule has 0 aromatic heterocycles. The fourth-order valence-electron chi connectivity index (χ4n) is 4.01. The van der Waals surface area contributed by atoms with Crippen LogP contribution in [-0.2, 0) is 17.9 Å². The Morgan fingerprint density at radius 1 is 1.07 bits per heavy atom. The van der Waals surface area contributed by atoms with E-state index in [0.717, 1.165) is 17.5 Å². The van der Waals surface area contributed by atoms with E-state index in [0.29, 0.717) is 19.4 Å². The molecule has 1 fully saturated rings. The Hall–Kier alpha value is -2.50. The molecule has 162 valence electrons. The molecule has 30 heavy (non-hydrogen) atoms. The van der Waals surface area contributed by atoms with Gasteiger partial charge in [-0.25, -0.2) is 0 Å². The Bertz CT molecular complexity index is 845. The second-order valence-corrected chi connectivity index (χ2v) is 8.85. The van der Waals surface area contributed by atoms with Crippen molar-refractivity contribution in [3.8, 4) is 0 Å². The topological polar surface area (TPSA) is 24.8 Å². The van der Waals surface area contributed by atoms with Crippen molar-refractivity contribution in [3.63, 3.8) is 0 Å². The first-order valence-electron chi connectivity index (χ1n) is 10.3. The van der Waals surface area contributed by atoms with E-state index in [1.165, 1.54) is 10.5 Å². The van der Waals surface area contributed by atoms with Crippen LogP contribution in [0.1, 0.15) is 43.4 Å². The molecule has 0 aliphatic carbocycles. The maximum Gasteiger partial charge on any atom is 0.452 e. The summed E-state index contributed by atoms with van der Waals surface area (Å²) >= 11 is 0. The summed E-state index contributed by atoms with van der Waals surface area (Å²) < 4.78 is 41.6. The highest BCUT2D eigenvalue weighted by atomic mass is 19.4. The zero-order valence-electron chi connectivity index (χ0n) is 17.7. The fraction of sp³-hybridized carbons (Fsp3) is 0.458. The minimum atomic E-state index is -4.57. The van der Waals surface area contributed by atoms with Crippen LogP contribution >= 0.6 is 0 Å². The molecule has 0 amide bonds. The average molecular weight is 419 g/mol. The Kier molecular flexibility index (Phi) is 6.74. The molecule has 1 aliphatic heterocycles. The monoisotopic (exact) mass is 418 g/mol. The molecule has 6 heteroatoms. The van der Waals surface area contributed by atoms with Crippen LogP contribution in [0.25, 0.3) is 0 Å². The fourth-order valence-corrected chi connectivity index (χ4v) is 4.01. The molecular weight excluding hydrogens is 389 g/mol. The Morgan fingerprint density at radius 3 is 2.37 bits per heavy atom. The summed E-state index contributed by atoms with van der Waals surface area (Å²) in [6.45, 7) is 6.34. The number of hydrogen-bond donors (Lipinski definition) is 0. The van der Waals surface area contributed by atoms with Crippen LogP contribution < -0.4 is 0 Å². The summed E-state index contributed by atoms with van der Waals surface area (Å²) in [6.07, 6.45) is -2.51. The molecule has 1 atom stereocenters. The largest absolute Gasteiger partial charge is 0.452 e. The van der Waals surface area contributed by atoms with Gasteiger partial charge in [-0.2, -0.15) is 13.2 Å². The summed E-state index contributed by atoms with van der Waals surface area (Å²) in [5.41, 5.74) is 2.87.